The van der Waals surface area contributed by atoms with Gasteiger partial charge in [-0.05, 0) is 18.7 Å². The largest absolute Gasteiger partial charge is 0.497 e. The van der Waals surface area contributed by atoms with Gasteiger partial charge in [-0.2, -0.15) is 0 Å². The van der Waals surface area contributed by atoms with Crippen molar-refractivity contribution in [2.75, 3.05) is 45.2 Å². The highest BCUT2D eigenvalue weighted by atomic mass is 16.5. The van der Waals surface area contributed by atoms with Crippen molar-refractivity contribution < 1.29 is 9.53 Å². The maximum atomic E-state index is 12.5. The van der Waals surface area contributed by atoms with Gasteiger partial charge in [-0.1, -0.05) is 13.0 Å². The molecule has 0 unspecified atom stereocenters. The van der Waals surface area contributed by atoms with Crippen LogP contribution in [0.3, 0.4) is 0 Å². The van der Waals surface area contributed by atoms with E-state index in [1.165, 1.54) is 6.20 Å². The molecule has 1 saturated heterocycles. The number of methoxy groups -OCH3 is 1. The number of carbonyl (C=O) groups is 1. The van der Waals surface area contributed by atoms with Gasteiger partial charge < -0.3 is 19.9 Å². The van der Waals surface area contributed by atoms with E-state index in [2.05, 4.69) is 27.1 Å². The molecule has 1 amide bonds. The molecule has 3 rings (SSSR count). The average molecular weight is 341 g/mol. The minimum absolute atomic E-state index is 0.0591. The molecule has 1 aromatic heterocycles. The number of aromatic nitrogens is 2. The van der Waals surface area contributed by atoms with Crippen LogP contribution >= 0.6 is 0 Å². The molecule has 1 N–H and O–H groups in total. The van der Waals surface area contributed by atoms with Gasteiger partial charge >= 0.3 is 0 Å². The first-order valence-electron chi connectivity index (χ1n) is 8.44. The molecule has 0 saturated carbocycles. The van der Waals surface area contributed by atoms with E-state index in [0.717, 1.165) is 44.2 Å². The normalized spacial score (nSPS) is 15.0. The van der Waals surface area contributed by atoms with Crippen LogP contribution in [0.15, 0.2) is 36.7 Å². The summed E-state index contributed by atoms with van der Waals surface area (Å²) in [5.74, 6) is 1.28. The number of carbonyl (C=O) groups excluding carboxylic acids is 1. The molecule has 0 radical (unpaired) electrons. The Morgan fingerprint density at radius 2 is 2.00 bits per heavy atom. The van der Waals surface area contributed by atoms with Gasteiger partial charge in [0.1, 0.15) is 17.3 Å². The highest BCUT2D eigenvalue weighted by molar-refractivity contribution is 5.92. The summed E-state index contributed by atoms with van der Waals surface area (Å²) in [7, 11) is 1.62. The molecule has 0 spiro atoms. The quantitative estimate of drug-likeness (QED) is 0.897. The molecular weight excluding hydrogens is 318 g/mol. The van der Waals surface area contributed by atoms with Crippen LogP contribution in [0.4, 0.5) is 11.5 Å². The predicted molar refractivity (Wildman–Crippen MR) is 96.3 cm³/mol. The summed E-state index contributed by atoms with van der Waals surface area (Å²) in [4.78, 5) is 25.3. The molecule has 0 aliphatic carbocycles. The number of rotatable bonds is 5. The third-order valence-electron chi connectivity index (χ3n) is 4.32. The molecule has 1 aliphatic heterocycles. The summed E-state index contributed by atoms with van der Waals surface area (Å²) in [5, 5.41) is 3.15. The van der Waals surface area contributed by atoms with Gasteiger partial charge in [0, 0.05) is 37.9 Å². The van der Waals surface area contributed by atoms with Gasteiger partial charge in [0.2, 0.25) is 0 Å². The summed E-state index contributed by atoms with van der Waals surface area (Å²) >= 11 is 0. The van der Waals surface area contributed by atoms with Gasteiger partial charge in [0.15, 0.2) is 0 Å². The lowest BCUT2D eigenvalue weighted by Gasteiger charge is -2.33. The number of hydrogen-bond acceptors (Lipinski definition) is 6. The highest BCUT2D eigenvalue weighted by Gasteiger charge is 2.22. The third-order valence-corrected chi connectivity index (χ3v) is 4.32. The minimum atomic E-state index is -0.0591. The zero-order valence-corrected chi connectivity index (χ0v) is 14.6. The molecule has 2 aromatic rings. The van der Waals surface area contributed by atoms with Crippen LogP contribution in [0.2, 0.25) is 0 Å². The fourth-order valence-corrected chi connectivity index (χ4v) is 2.78. The molecule has 132 valence electrons. The van der Waals surface area contributed by atoms with Crippen LogP contribution in [0.25, 0.3) is 0 Å². The lowest BCUT2D eigenvalue weighted by Crippen LogP contribution is -2.48. The first-order chi connectivity index (χ1) is 12.2. The zero-order chi connectivity index (χ0) is 17.6. The molecule has 0 atom stereocenters. The number of likely N-dealkylation sites (N-methyl/N-ethyl adjacent to an activating group) is 1. The molecule has 25 heavy (non-hydrogen) atoms. The average Bonchev–Trinajstić information content (AvgIpc) is 2.68. The SMILES string of the molecule is CCN1CCN(C(=O)c2cnc(Nc3cccc(OC)c3)cn2)CC1. The predicted octanol–water partition coefficient (Wildman–Crippen LogP) is 2.01. The second-order valence-electron chi connectivity index (χ2n) is 5.87. The smallest absolute Gasteiger partial charge is 0.274 e. The van der Waals surface area contributed by atoms with Crippen LogP contribution in [0.1, 0.15) is 17.4 Å². The first-order valence-corrected chi connectivity index (χ1v) is 8.44. The summed E-state index contributed by atoms with van der Waals surface area (Å²) < 4.78 is 5.20. The first kappa shape index (κ1) is 17.2. The number of hydrogen-bond donors (Lipinski definition) is 1. The molecule has 7 nitrogen and oxygen atoms in total. The van der Waals surface area contributed by atoms with Gasteiger partial charge in [-0.3, -0.25) is 4.79 Å². The molecule has 2 heterocycles. The molecule has 1 fully saturated rings. The number of benzene rings is 1. The van der Waals surface area contributed by atoms with Gasteiger partial charge in [-0.25, -0.2) is 9.97 Å². The topological polar surface area (TPSA) is 70.6 Å². The monoisotopic (exact) mass is 341 g/mol. The molecular formula is C18H23N5O2. The number of nitrogens with zero attached hydrogens (tertiary/aromatic N) is 4. The zero-order valence-electron chi connectivity index (χ0n) is 14.6. The number of anilines is 2. The summed E-state index contributed by atoms with van der Waals surface area (Å²) in [5.41, 5.74) is 1.23. The summed E-state index contributed by atoms with van der Waals surface area (Å²) in [6.45, 7) is 6.44. The van der Waals surface area contributed by atoms with Crippen LogP contribution in [-0.4, -0.2) is 65.5 Å². The maximum Gasteiger partial charge on any atom is 0.274 e. The number of piperazine rings is 1. The Labute approximate surface area is 147 Å². The van der Waals surface area contributed by atoms with Crippen molar-refractivity contribution in [1.82, 2.24) is 19.8 Å². The number of ether oxygens (including phenoxy) is 1. The lowest BCUT2D eigenvalue weighted by molar-refractivity contribution is 0.0637. The van der Waals surface area contributed by atoms with E-state index in [-0.39, 0.29) is 5.91 Å². The Hall–Kier alpha value is -2.67. The second-order valence-corrected chi connectivity index (χ2v) is 5.87. The standard InChI is InChI=1S/C18H23N5O2/c1-3-22-7-9-23(10-8-22)18(24)16-12-20-17(13-19-16)21-14-5-4-6-15(11-14)25-2/h4-6,11-13H,3,7-10H2,1-2H3,(H,20,21). The van der Waals surface area contributed by atoms with E-state index in [9.17, 15) is 4.79 Å². The maximum absolute atomic E-state index is 12.5. The summed E-state index contributed by atoms with van der Waals surface area (Å²) in [6.07, 6.45) is 3.10. The Balaban J connectivity index is 1.62. The van der Waals surface area contributed by atoms with Crippen LogP contribution in [0.5, 0.6) is 5.75 Å². The lowest BCUT2D eigenvalue weighted by atomic mass is 10.3. The van der Waals surface area contributed by atoms with Crippen LogP contribution in [0, 0.1) is 0 Å². The van der Waals surface area contributed by atoms with Crippen molar-refractivity contribution in [3.8, 4) is 5.75 Å². The Kier molecular flexibility index (Phi) is 5.45. The Morgan fingerprint density at radius 1 is 1.20 bits per heavy atom. The van der Waals surface area contributed by atoms with E-state index in [0.29, 0.717) is 11.5 Å². The summed E-state index contributed by atoms with van der Waals surface area (Å²) in [6, 6.07) is 7.55. The number of nitrogens with one attached hydrogen (secondary N) is 1. The Morgan fingerprint density at radius 3 is 2.64 bits per heavy atom. The van der Waals surface area contributed by atoms with E-state index >= 15 is 0 Å². The fraction of sp³-hybridized carbons (Fsp3) is 0.389. The second kappa shape index (κ2) is 7.94. The van der Waals surface area contributed by atoms with E-state index < -0.39 is 0 Å². The molecule has 1 aromatic carbocycles. The van der Waals surface area contributed by atoms with E-state index in [1.54, 1.807) is 13.3 Å². The Bertz CT molecular complexity index is 712. The van der Waals surface area contributed by atoms with Gasteiger partial charge in [-0.15, -0.1) is 0 Å². The van der Waals surface area contributed by atoms with E-state index in [4.69, 9.17) is 4.74 Å². The van der Waals surface area contributed by atoms with Crippen LogP contribution in [-0.2, 0) is 0 Å². The van der Waals surface area contributed by atoms with Crippen molar-refractivity contribution in [1.29, 1.82) is 0 Å². The van der Waals surface area contributed by atoms with Crippen molar-refractivity contribution in [2.45, 2.75) is 6.92 Å². The number of amides is 1. The van der Waals surface area contributed by atoms with Gasteiger partial charge in [0.25, 0.3) is 5.91 Å². The fourth-order valence-electron chi connectivity index (χ4n) is 2.78. The molecule has 0 bridgehead atoms. The molecule has 7 heteroatoms. The van der Waals surface area contributed by atoms with Crippen molar-refractivity contribution in [3.63, 3.8) is 0 Å². The van der Waals surface area contributed by atoms with E-state index in [1.807, 2.05) is 29.2 Å². The van der Waals surface area contributed by atoms with Crippen molar-refractivity contribution in [3.05, 3.63) is 42.4 Å². The van der Waals surface area contributed by atoms with Crippen LogP contribution < -0.4 is 10.1 Å². The van der Waals surface area contributed by atoms with Crippen molar-refractivity contribution >= 4 is 17.4 Å². The van der Waals surface area contributed by atoms with Crippen molar-refractivity contribution in [2.24, 2.45) is 0 Å². The third kappa shape index (κ3) is 4.24. The highest BCUT2D eigenvalue weighted by Crippen LogP contribution is 2.19. The minimum Gasteiger partial charge on any atom is -0.497 e. The van der Waals surface area contributed by atoms with Gasteiger partial charge in [0.05, 0.1) is 19.5 Å². The molecule has 1 aliphatic rings.